The fraction of sp³-hybridized carbons (Fsp3) is 0.333. The van der Waals surface area contributed by atoms with E-state index >= 15 is 0 Å². The van der Waals surface area contributed by atoms with Crippen LogP contribution in [0.1, 0.15) is 47.6 Å². The highest BCUT2D eigenvalue weighted by atomic mass is 19.1. The summed E-state index contributed by atoms with van der Waals surface area (Å²) in [4.78, 5) is 15.8. The predicted octanol–water partition coefficient (Wildman–Crippen LogP) is 5.77. The molecule has 1 amide bonds. The molecule has 2 aliphatic heterocycles. The molecule has 3 aromatic rings. The van der Waals surface area contributed by atoms with Crippen molar-refractivity contribution in [1.29, 1.82) is 0 Å². The van der Waals surface area contributed by atoms with E-state index in [2.05, 4.69) is 54.3 Å². The maximum Gasteiger partial charge on any atom is 0.257 e. The Balaban J connectivity index is 1.28. The second-order valence-corrected chi connectivity index (χ2v) is 9.78. The number of aryl methyl sites for hydroxylation is 1. The van der Waals surface area contributed by atoms with Crippen LogP contribution in [-0.2, 0) is 11.2 Å². The third-order valence-corrected chi connectivity index (χ3v) is 7.30. The molecule has 0 aromatic heterocycles. The minimum atomic E-state index is -0.291. The summed E-state index contributed by atoms with van der Waals surface area (Å²) in [7, 11) is 0. The normalized spacial score (nSPS) is 19.1. The molecule has 180 valence electrons. The first-order valence-electron chi connectivity index (χ1n) is 12.5. The summed E-state index contributed by atoms with van der Waals surface area (Å²) in [5, 5.41) is 6.39. The molecule has 3 aromatic carbocycles. The molecule has 4 nitrogen and oxygen atoms in total. The lowest BCUT2D eigenvalue weighted by atomic mass is 9.90. The fourth-order valence-electron chi connectivity index (χ4n) is 5.35. The van der Waals surface area contributed by atoms with E-state index in [-0.39, 0.29) is 17.8 Å². The average Bonchev–Trinajstić information content (AvgIpc) is 3.32. The summed E-state index contributed by atoms with van der Waals surface area (Å²) in [6.07, 6.45) is 3.88. The largest absolute Gasteiger partial charge is 0.294 e. The summed E-state index contributed by atoms with van der Waals surface area (Å²) in [6.45, 7) is 4.27. The number of amides is 1. The van der Waals surface area contributed by atoms with Crippen LogP contribution in [0.3, 0.4) is 0 Å². The third-order valence-electron chi connectivity index (χ3n) is 7.30. The lowest BCUT2D eigenvalue weighted by Crippen LogP contribution is -2.42. The highest BCUT2D eigenvalue weighted by Gasteiger charge is 2.35. The number of rotatable bonds is 6. The molecule has 1 saturated heterocycles. The zero-order valence-electron chi connectivity index (χ0n) is 20.2. The molecule has 35 heavy (non-hydrogen) atoms. The van der Waals surface area contributed by atoms with Gasteiger partial charge in [-0.15, -0.1) is 0 Å². The van der Waals surface area contributed by atoms with Crippen LogP contribution >= 0.6 is 0 Å². The van der Waals surface area contributed by atoms with E-state index < -0.39 is 0 Å². The monoisotopic (exact) mass is 469 g/mol. The lowest BCUT2D eigenvalue weighted by molar-refractivity contribution is -0.134. The zero-order valence-corrected chi connectivity index (χ0v) is 20.2. The van der Waals surface area contributed by atoms with Gasteiger partial charge >= 0.3 is 0 Å². The van der Waals surface area contributed by atoms with Crippen LogP contribution in [0.4, 0.5) is 4.39 Å². The van der Waals surface area contributed by atoms with E-state index in [9.17, 15) is 9.18 Å². The number of likely N-dealkylation sites (tertiary alicyclic amines) is 1. The van der Waals surface area contributed by atoms with Gasteiger partial charge in [-0.2, -0.15) is 5.10 Å². The summed E-state index contributed by atoms with van der Waals surface area (Å²) in [5.74, 6) is 0.375. The standard InChI is InChI=1S/C30H32FN3O/c1-22-8-5-6-13-27(22)29-20-28(25-11-7-12-26(31)19-25)32-34(29)30(35)21-33-16-14-24(15-17-33)18-23-9-3-2-4-10-23/h2-13,19,24,29H,14-18,20-21H2,1H3/t29-/m1/s1. The molecule has 0 aliphatic carbocycles. The van der Waals surface area contributed by atoms with Gasteiger partial charge in [0.15, 0.2) is 0 Å². The van der Waals surface area contributed by atoms with Crippen molar-refractivity contribution in [3.8, 4) is 0 Å². The molecule has 1 atom stereocenters. The Kier molecular flexibility index (Phi) is 7.05. The molecule has 1 fully saturated rings. The second kappa shape index (κ2) is 10.5. The van der Waals surface area contributed by atoms with Crippen molar-refractivity contribution < 1.29 is 9.18 Å². The molecule has 0 unspecified atom stereocenters. The maximum absolute atomic E-state index is 13.9. The fourth-order valence-corrected chi connectivity index (χ4v) is 5.35. The van der Waals surface area contributed by atoms with Crippen molar-refractivity contribution in [2.24, 2.45) is 11.0 Å². The smallest absolute Gasteiger partial charge is 0.257 e. The number of halogens is 1. The third kappa shape index (κ3) is 5.51. The molecule has 2 aliphatic rings. The lowest BCUT2D eigenvalue weighted by Gasteiger charge is -2.33. The summed E-state index contributed by atoms with van der Waals surface area (Å²) >= 11 is 0. The number of carbonyl (C=O) groups excluding carboxylic acids is 1. The van der Waals surface area contributed by atoms with Gasteiger partial charge in [0.05, 0.1) is 18.3 Å². The van der Waals surface area contributed by atoms with Gasteiger partial charge in [0.25, 0.3) is 5.91 Å². The molecule has 0 spiro atoms. The first-order valence-corrected chi connectivity index (χ1v) is 12.5. The maximum atomic E-state index is 13.9. The number of nitrogens with zero attached hydrogens (tertiary/aromatic N) is 3. The van der Waals surface area contributed by atoms with Crippen LogP contribution in [0.2, 0.25) is 0 Å². The molecule has 2 heterocycles. The van der Waals surface area contributed by atoms with Crippen LogP contribution in [0.25, 0.3) is 0 Å². The molecule has 0 radical (unpaired) electrons. The molecule has 0 bridgehead atoms. The van der Waals surface area contributed by atoms with Crippen molar-refractivity contribution in [2.75, 3.05) is 19.6 Å². The van der Waals surface area contributed by atoms with Crippen molar-refractivity contribution in [3.63, 3.8) is 0 Å². The highest BCUT2D eigenvalue weighted by Crippen LogP contribution is 2.35. The first-order chi connectivity index (χ1) is 17.1. The van der Waals surface area contributed by atoms with E-state index in [0.717, 1.165) is 54.8 Å². The quantitative estimate of drug-likeness (QED) is 0.460. The SMILES string of the molecule is Cc1ccccc1[C@H]1CC(c2cccc(F)c2)=NN1C(=O)CN1CCC(Cc2ccccc2)CC1. The van der Waals surface area contributed by atoms with Crippen molar-refractivity contribution in [2.45, 2.75) is 38.6 Å². The molecule has 0 N–H and O–H groups in total. The van der Waals surface area contributed by atoms with Crippen LogP contribution in [0, 0.1) is 18.7 Å². The number of benzene rings is 3. The van der Waals surface area contributed by atoms with Crippen LogP contribution in [0.15, 0.2) is 84.0 Å². The minimum Gasteiger partial charge on any atom is -0.294 e. The van der Waals surface area contributed by atoms with E-state index in [1.807, 2.05) is 18.2 Å². The molecule has 0 saturated carbocycles. The second-order valence-electron chi connectivity index (χ2n) is 9.78. The van der Waals surface area contributed by atoms with Crippen molar-refractivity contribution >= 4 is 11.6 Å². The average molecular weight is 470 g/mol. The Morgan fingerprint density at radius 1 is 0.971 bits per heavy atom. The summed E-state index contributed by atoms with van der Waals surface area (Å²) < 4.78 is 13.9. The van der Waals surface area contributed by atoms with Gasteiger partial charge in [0.1, 0.15) is 5.82 Å². The number of piperidine rings is 1. The first kappa shape index (κ1) is 23.4. The van der Waals surface area contributed by atoms with Gasteiger partial charge in [0.2, 0.25) is 0 Å². The Labute approximate surface area is 207 Å². The number of hydrazone groups is 1. The predicted molar refractivity (Wildman–Crippen MR) is 138 cm³/mol. The molecular weight excluding hydrogens is 437 g/mol. The molecular formula is C30H32FN3O. The van der Waals surface area contributed by atoms with E-state index in [0.29, 0.717) is 18.9 Å². The summed E-state index contributed by atoms with van der Waals surface area (Å²) in [6, 6.07) is 25.1. The van der Waals surface area contributed by atoms with Gasteiger partial charge in [-0.1, -0.05) is 66.7 Å². The highest BCUT2D eigenvalue weighted by molar-refractivity contribution is 6.03. The topological polar surface area (TPSA) is 35.9 Å². The Morgan fingerprint density at radius 3 is 2.46 bits per heavy atom. The minimum absolute atomic E-state index is 0.00571. The Morgan fingerprint density at radius 2 is 1.71 bits per heavy atom. The van der Waals surface area contributed by atoms with Crippen molar-refractivity contribution in [3.05, 3.63) is 107 Å². The zero-order chi connectivity index (χ0) is 24.2. The van der Waals surface area contributed by atoms with Crippen LogP contribution in [-0.4, -0.2) is 41.2 Å². The number of hydrogen-bond donors (Lipinski definition) is 0. The van der Waals surface area contributed by atoms with E-state index in [1.54, 1.807) is 11.1 Å². The Hall–Kier alpha value is -3.31. The number of carbonyl (C=O) groups is 1. The van der Waals surface area contributed by atoms with Crippen LogP contribution in [0.5, 0.6) is 0 Å². The molecule has 5 heteroatoms. The van der Waals surface area contributed by atoms with Crippen molar-refractivity contribution in [1.82, 2.24) is 9.91 Å². The van der Waals surface area contributed by atoms with Gasteiger partial charge < -0.3 is 0 Å². The van der Waals surface area contributed by atoms with Crippen LogP contribution < -0.4 is 0 Å². The molecule has 5 rings (SSSR count). The Bertz CT molecular complexity index is 1200. The number of hydrogen-bond acceptors (Lipinski definition) is 3. The van der Waals surface area contributed by atoms with Gasteiger partial charge in [-0.25, -0.2) is 9.40 Å². The van der Waals surface area contributed by atoms with E-state index in [4.69, 9.17) is 5.10 Å². The van der Waals surface area contributed by atoms with Gasteiger partial charge in [-0.05, 0) is 74.0 Å². The van der Waals surface area contributed by atoms with E-state index in [1.165, 1.54) is 17.7 Å². The summed E-state index contributed by atoms with van der Waals surface area (Å²) in [5.41, 5.74) is 5.11. The van der Waals surface area contributed by atoms with Gasteiger partial charge in [0, 0.05) is 12.0 Å². The van der Waals surface area contributed by atoms with Gasteiger partial charge in [-0.3, -0.25) is 9.69 Å².